The maximum absolute atomic E-state index is 13.5. The van der Waals surface area contributed by atoms with Crippen molar-refractivity contribution in [3.8, 4) is 5.75 Å². The predicted molar refractivity (Wildman–Crippen MR) is 126 cm³/mol. The molecule has 0 aliphatic heterocycles. The molecule has 3 aromatic rings. The van der Waals surface area contributed by atoms with Crippen molar-refractivity contribution in [1.29, 1.82) is 0 Å². The fourth-order valence-electron chi connectivity index (χ4n) is 3.01. The molecular formula is C23H23BrN2O4S. The van der Waals surface area contributed by atoms with E-state index in [1.54, 1.807) is 36.4 Å². The molecule has 162 valence electrons. The number of halogens is 1. The van der Waals surface area contributed by atoms with Gasteiger partial charge >= 0.3 is 0 Å². The first kappa shape index (κ1) is 22.8. The van der Waals surface area contributed by atoms with E-state index in [0.717, 1.165) is 15.4 Å². The average Bonchev–Trinajstić information content (AvgIpc) is 2.72. The fraction of sp³-hybridized carbons (Fsp3) is 0.174. The number of carbonyl (C=O) groups is 1. The highest BCUT2D eigenvalue weighted by molar-refractivity contribution is 9.10. The number of carbonyl (C=O) groups excluding carboxylic acids is 1. The smallest absolute Gasteiger partial charge is 0.264 e. The molecule has 8 heteroatoms. The maximum Gasteiger partial charge on any atom is 0.264 e. The summed E-state index contributed by atoms with van der Waals surface area (Å²) >= 11 is 3.33. The molecule has 0 heterocycles. The Morgan fingerprint density at radius 1 is 1.00 bits per heavy atom. The second-order valence-electron chi connectivity index (χ2n) is 7.06. The van der Waals surface area contributed by atoms with Crippen LogP contribution in [0.15, 0.2) is 76.1 Å². The van der Waals surface area contributed by atoms with Gasteiger partial charge in [-0.05, 0) is 77.8 Å². The van der Waals surface area contributed by atoms with Gasteiger partial charge in [-0.2, -0.15) is 0 Å². The van der Waals surface area contributed by atoms with Crippen LogP contribution in [0.5, 0.6) is 5.75 Å². The number of amides is 1. The van der Waals surface area contributed by atoms with Crippen LogP contribution >= 0.6 is 15.9 Å². The summed E-state index contributed by atoms with van der Waals surface area (Å²) < 4.78 is 33.8. The van der Waals surface area contributed by atoms with Gasteiger partial charge in [-0.15, -0.1) is 0 Å². The lowest BCUT2D eigenvalue weighted by atomic mass is 10.2. The SMILES string of the molecule is COc1ccc(S(=O)(=O)N(CC(=O)Nc2cccc(C)c2)c2ccc(C)cc2)cc1Br. The van der Waals surface area contributed by atoms with Gasteiger partial charge in [0.2, 0.25) is 5.91 Å². The molecule has 6 nitrogen and oxygen atoms in total. The van der Waals surface area contributed by atoms with E-state index < -0.39 is 15.9 Å². The zero-order valence-electron chi connectivity index (χ0n) is 17.4. The van der Waals surface area contributed by atoms with Crippen LogP contribution in [0, 0.1) is 13.8 Å². The topological polar surface area (TPSA) is 75.7 Å². The molecule has 0 radical (unpaired) electrons. The van der Waals surface area contributed by atoms with Crippen LogP contribution in [0.1, 0.15) is 11.1 Å². The molecule has 3 aromatic carbocycles. The molecule has 3 rings (SSSR count). The zero-order chi connectivity index (χ0) is 22.6. The summed E-state index contributed by atoms with van der Waals surface area (Å²) in [6, 6.07) is 18.8. The Morgan fingerprint density at radius 2 is 1.71 bits per heavy atom. The largest absolute Gasteiger partial charge is 0.496 e. The quantitative estimate of drug-likeness (QED) is 0.497. The number of rotatable bonds is 7. The summed E-state index contributed by atoms with van der Waals surface area (Å²) in [5, 5.41) is 2.77. The highest BCUT2D eigenvalue weighted by Gasteiger charge is 2.28. The van der Waals surface area contributed by atoms with Crippen molar-refractivity contribution in [3.05, 3.63) is 82.3 Å². The molecule has 31 heavy (non-hydrogen) atoms. The highest BCUT2D eigenvalue weighted by Crippen LogP contribution is 2.30. The number of methoxy groups -OCH3 is 1. The van der Waals surface area contributed by atoms with Crippen molar-refractivity contribution in [2.75, 3.05) is 23.3 Å². The lowest BCUT2D eigenvalue weighted by molar-refractivity contribution is -0.114. The molecule has 0 saturated heterocycles. The standard InChI is InChI=1S/C23H23BrN2O4S/c1-16-7-9-19(10-8-16)26(15-23(27)25-18-6-4-5-17(2)13-18)31(28,29)20-11-12-22(30-3)21(24)14-20/h4-14H,15H2,1-3H3,(H,25,27). The van der Waals surface area contributed by atoms with Gasteiger partial charge in [-0.1, -0.05) is 29.8 Å². The van der Waals surface area contributed by atoms with Crippen molar-refractivity contribution in [2.24, 2.45) is 0 Å². The third-order valence-corrected chi connectivity index (χ3v) is 7.01. The fourth-order valence-corrected chi connectivity index (χ4v) is 5.15. The summed E-state index contributed by atoms with van der Waals surface area (Å²) in [7, 11) is -2.52. The summed E-state index contributed by atoms with van der Waals surface area (Å²) in [6.07, 6.45) is 0. The van der Waals surface area contributed by atoms with Crippen LogP contribution in [0.2, 0.25) is 0 Å². The van der Waals surface area contributed by atoms with E-state index >= 15 is 0 Å². The Bertz CT molecular complexity index is 1190. The number of benzene rings is 3. The van der Waals surface area contributed by atoms with Crippen LogP contribution in [0.4, 0.5) is 11.4 Å². The van der Waals surface area contributed by atoms with Gasteiger partial charge in [0.05, 0.1) is 22.2 Å². The zero-order valence-corrected chi connectivity index (χ0v) is 19.8. The highest BCUT2D eigenvalue weighted by atomic mass is 79.9. The van der Waals surface area contributed by atoms with Gasteiger partial charge in [-0.25, -0.2) is 8.42 Å². The molecule has 1 amide bonds. The van der Waals surface area contributed by atoms with Crippen LogP contribution in [-0.2, 0) is 14.8 Å². The Hall–Kier alpha value is -2.84. The maximum atomic E-state index is 13.5. The minimum Gasteiger partial charge on any atom is -0.496 e. The number of aryl methyl sites for hydroxylation is 2. The Kier molecular flexibility index (Phi) is 7.02. The van der Waals surface area contributed by atoms with Gasteiger partial charge in [-0.3, -0.25) is 9.10 Å². The van der Waals surface area contributed by atoms with Crippen LogP contribution in [-0.4, -0.2) is 28.0 Å². The third-order valence-electron chi connectivity index (χ3n) is 4.62. The van der Waals surface area contributed by atoms with Crippen LogP contribution < -0.4 is 14.4 Å². The van der Waals surface area contributed by atoms with Gasteiger partial charge in [0.15, 0.2) is 0 Å². The van der Waals surface area contributed by atoms with E-state index in [4.69, 9.17) is 4.74 Å². The van der Waals surface area contributed by atoms with E-state index in [-0.39, 0.29) is 11.4 Å². The molecular weight excluding hydrogens is 480 g/mol. The van der Waals surface area contributed by atoms with Crippen molar-refractivity contribution in [2.45, 2.75) is 18.7 Å². The number of anilines is 2. The first-order valence-corrected chi connectivity index (χ1v) is 11.7. The number of hydrogen-bond acceptors (Lipinski definition) is 4. The number of sulfonamides is 1. The molecule has 0 unspecified atom stereocenters. The third kappa shape index (κ3) is 5.45. The van der Waals surface area contributed by atoms with Crippen molar-refractivity contribution < 1.29 is 17.9 Å². The lowest BCUT2D eigenvalue weighted by Gasteiger charge is -2.24. The van der Waals surface area contributed by atoms with Crippen LogP contribution in [0.25, 0.3) is 0 Å². The van der Waals surface area contributed by atoms with Crippen molar-refractivity contribution in [1.82, 2.24) is 0 Å². The Labute approximate surface area is 191 Å². The summed E-state index contributed by atoms with van der Waals surface area (Å²) in [6.45, 7) is 3.46. The summed E-state index contributed by atoms with van der Waals surface area (Å²) in [5.41, 5.74) is 2.98. The minimum atomic E-state index is -4.02. The molecule has 0 aliphatic carbocycles. The lowest BCUT2D eigenvalue weighted by Crippen LogP contribution is -2.38. The second kappa shape index (κ2) is 9.53. The molecule has 0 fully saturated rings. The van der Waals surface area contributed by atoms with Crippen LogP contribution in [0.3, 0.4) is 0 Å². The predicted octanol–water partition coefficient (Wildman–Crippen LogP) is 4.91. The molecule has 0 atom stereocenters. The van der Waals surface area contributed by atoms with E-state index in [1.165, 1.54) is 19.2 Å². The molecule has 1 N–H and O–H groups in total. The molecule has 0 aliphatic rings. The van der Waals surface area contributed by atoms with Gasteiger partial charge < -0.3 is 10.1 Å². The summed E-state index contributed by atoms with van der Waals surface area (Å²) in [4.78, 5) is 12.8. The first-order chi connectivity index (χ1) is 14.7. The number of nitrogens with zero attached hydrogens (tertiary/aromatic N) is 1. The van der Waals surface area contributed by atoms with Gasteiger partial charge in [0.25, 0.3) is 10.0 Å². The van der Waals surface area contributed by atoms with Gasteiger partial charge in [0.1, 0.15) is 12.3 Å². The number of hydrogen-bond donors (Lipinski definition) is 1. The Morgan fingerprint density at radius 3 is 2.32 bits per heavy atom. The van der Waals surface area contributed by atoms with E-state index in [9.17, 15) is 13.2 Å². The van der Waals surface area contributed by atoms with E-state index in [2.05, 4.69) is 21.2 Å². The molecule has 0 saturated carbocycles. The number of ether oxygens (including phenoxy) is 1. The van der Waals surface area contributed by atoms with E-state index in [1.807, 2.05) is 32.0 Å². The minimum absolute atomic E-state index is 0.0455. The molecule has 0 spiro atoms. The second-order valence-corrected chi connectivity index (χ2v) is 9.78. The summed E-state index contributed by atoms with van der Waals surface area (Å²) in [5.74, 6) is 0.0698. The first-order valence-electron chi connectivity index (χ1n) is 9.50. The van der Waals surface area contributed by atoms with Crippen molar-refractivity contribution >= 4 is 43.2 Å². The van der Waals surface area contributed by atoms with Crippen molar-refractivity contribution in [3.63, 3.8) is 0 Å². The molecule has 0 bridgehead atoms. The normalized spacial score (nSPS) is 11.1. The monoisotopic (exact) mass is 502 g/mol. The molecule has 0 aromatic heterocycles. The number of nitrogens with one attached hydrogen (secondary N) is 1. The van der Waals surface area contributed by atoms with Gasteiger partial charge in [0, 0.05) is 5.69 Å². The van der Waals surface area contributed by atoms with E-state index in [0.29, 0.717) is 21.6 Å². The average molecular weight is 503 g/mol. The Balaban J connectivity index is 1.97.